The fourth-order valence-corrected chi connectivity index (χ4v) is 10.1. The average molecular weight is 652 g/mol. The predicted octanol–water partition coefficient (Wildman–Crippen LogP) is 7.80. The van der Waals surface area contributed by atoms with Crippen molar-refractivity contribution >= 4 is 44.4 Å². The topological polar surface area (TPSA) is 125 Å². The van der Waals surface area contributed by atoms with Gasteiger partial charge >= 0.3 is 7.60 Å². The van der Waals surface area contributed by atoms with E-state index in [1.165, 1.54) is 89.8 Å². The first-order valence-corrected chi connectivity index (χ1v) is 22.2. The van der Waals surface area contributed by atoms with Crippen LogP contribution in [0.4, 0.5) is 5.82 Å². The molecule has 2 heterocycles. The van der Waals surface area contributed by atoms with Gasteiger partial charge in [-0.1, -0.05) is 83.7 Å². The van der Waals surface area contributed by atoms with Gasteiger partial charge < -0.3 is 24.5 Å². The van der Waals surface area contributed by atoms with Crippen molar-refractivity contribution in [1.82, 2.24) is 19.5 Å². The van der Waals surface area contributed by atoms with Crippen LogP contribution in [0.15, 0.2) is 12.7 Å². The van der Waals surface area contributed by atoms with Crippen molar-refractivity contribution in [3.63, 3.8) is 0 Å². The van der Waals surface area contributed by atoms with Gasteiger partial charge in [0.15, 0.2) is 11.5 Å². The Balaban J connectivity index is 1.11. The van der Waals surface area contributed by atoms with Gasteiger partial charge in [0.2, 0.25) is 0 Å². The second-order valence-corrected chi connectivity index (χ2v) is 20.0. The molecule has 1 aliphatic rings. The molecule has 1 unspecified atom stereocenters. The number of aromatic nitrogens is 4. The van der Waals surface area contributed by atoms with E-state index in [1.54, 1.807) is 22.7 Å². The second kappa shape index (κ2) is 19.2. The van der Waals surface area contributed by atoms with Crippen molar-refractivity contribution in [3.8, 4) is 11.5 Å². The first kappa shape index (κ1) is 36.1. The van der Waals surface area contributed by atoms with E-state index < -0.39 is 15.7 Å². The quantitative estimate of drug-likeness (QED) is 0.0638. The van der Waals surface area contributed by atoms with Crippen molar-refractivity contribution in [1.29, 1.82) is 0 Å². The van der Waals surface area contributed by atoms with E-state index in [0.29, 0.717) is 29.3 Å². The van der Waals surface area contributed by atoms with Crippen molar-refractivity contribution in [2.45, 2.75) is 128 Å². The minimum Gasteiger partial charge on any atom is -0.382 e. The minimum absolute atomic E-state index is 0.239. The highest BCUT2D eigenvalue weighted by molar-refractivity contribution is 7.99. The lowest BCUT2D eigenvalue weighted by atomic mass is 10.0. The summed E-state index contributed by atoms with van der Waals surface area (Å²) in [5, 5.41) is 0. The maximum Gasteiger partial charge on any atom is 0.353 e. The van der Waals surface area contributed by atoms with Crippen LogP contribution in [0.25, 0.3) is 11.2 Å². The first-order valence-electron chi connectivity index (χ1n) is 16.2. The summed E-state index contributed by atoms with van der Waals surface area (Å²) in [6.45, 7) is 7.44. The van der Waals surface area contributed by atoms with Crippen molar-refractivity contribution in [2.75, 3.05) is 30.2 Å². The van der Waals surface area contributed by atoms with E-state index in [1.807, 2.05) is 6.92 Å². The summed E-state index contributed by atoms with van der Waals surface area (Å²) in [6, 6.07) is 0. The normalized spacial score (nSPS) is 16.6. The lowest BCUT2D eigenvalue weighted by Crippen LogP contribution is -2.32. The fourth-order valence-electron chi connectivity index (χ4n) is 5.66. The van der Waals surface area contributed by atoms with Crippen LogP contribution in [0, 0.1) is 11.5 Å². The number of rotatable bonds is 20. The molecule has 0 amide bonds. The fraction of sp³-hybridized carbons (Fsp3) is 0.774. The molecule has 12 heteroatoms. The zero-order chi connectivity index (χ0) is 31.0. The number of hydrogen-bond donors (Lipinski definition) is 2. The Labute approximate surface area is 264 Å². The van der Waals surface area contributed by atoms with Crippen molar-refractivity contribution < 1.29 is 18.7 Å². The zero-order valence-corrected chi connectivity index (χ0v) is 29.3. The second-order valence-electron chi connectivity index (χ2n) is 12.5. The Morgan fingerprint density at radius 1 is 1.07 bits per heavy atom. The van der Waals surface area contributed by atoms with Crippen LogP contribution >= 0.6 is 19.4 Å². The summed E-state index contributed by atoms with van der Waals surface area (Å²) in [4.78, 5) is 22.5. The molecule has 0 radical (unpaired) electrons. The largest absolute Gasteiger partial charge is 0.382 e. The molecule has 0 saturated heterocycles. The van der Waals surface area contributed by atoms with E-state index in [0.717, 1.165) is 17.7 Å². The van der Waals surface area contributed by atoms with Crippen molar-refractivity contribution in [2.24, 2.45) is 0 Å². The van der Waals surface area contributed by atoms with Gasteiger partial charge in [0.1, 0.15) is 26.3 Å². The number of fused-ring (bicyclic) bond motifs is 1. The molecule has 2 atom stereocenters. The highest BCUT2D eigenvalue weighted by Crippen LogP contribution is 2.42. The third kappa shape index (κ3) is 13.6. The van der Waals surface area contributed by atoms with Gasteiger partial charge in [0.05, 0.1) is 25.6 Å². The van der Waals surface area contributed by atoms with E-state index in [9.17, 15) is 9.46 Å². The molecular weight excluding hydrogens is 597 g/mol. The number of anilines is 1. The maximum absolute atomic E-state index is 12.3. The summed E-state index contributed by atoms with van der Waals surface area (Å²) < 4.78 is 25.0. The smallest absolute Gasteiger partial charge is 0.353 e. The molecule has 2 aromatic rings. The van der Waals surface area contributed by atoms with Crippen LogP contribution in [-0.4, -0.2) is 63.1 Å². The monoisotopic (exact) mass is 651 g/mol. The number of thioether (sulfide) groups is 1. The van der Waals surface area contributed by atoms with Gasteiger partial charge in [0, 0.05) is 12.2 Å². The molecule has 3 rings (SSSR count). The van der Waals surface area contributed by atoms with Crippen LogP contribution in [0.5, 0.6) is 0 Å². The Morgan fingerprint density at radius 3 is 2.51 bits per heavy atom. The Bertz CT molecular complexity index is 1200. The lowest BCUT2D eigenvalue weighted by Gasteiger charge is -2.31. The molecule has 0 bridgehead atoms. The van der Waals surface area contributed by atoms with Crippen LogP contribution in [0.2, 0.25) is 18.6 Å². The van der Waals surface area contributed by atoms with Crippen LogP contribution in [0.3, 0.4) is 0 Å². The maximum atomic E-state index is 12.3. The summed E-state index contributed by atoms with van der Waals surface area (Å²) in [6.07, 6.45) is 20.7. The predicted molar refractivity (Wildman–Crippen MR) is 182 cm³/mol. The number of nitrogens with zero attached hydrogens (tertiary/aromatic N) is 4. The zero-order valence-electron chi connectivity index (χ0n) is 26.6. The molecule has 0 aliphatic heterocycles. The SMILES string of the molecule is C[C@H](Cn1cnc2c(N)ncnc21)OCP(=O)(O)OCCSCCCCCCCCCCC#C[Si](C)(C)C1CCCCC1. The Morgan fingerprint density at radius 2 is 1.77 bits per heavy atom. The number of imidazole rings is 1. The lowest BCUT2D eigenvalue weighted by molar-refractivity contribution is 0.0724. The number of nitrogens with two attached hydrogens (primary N) is 1. The number of ether oxygens (including phenoxy) is 1. The van der Waals surface area contributed by atoms with Crippen LogP contribution in [-0.2, 0) is 20.4 Å². The standard InChI is InChI=1S/C31H54N5O4PSSi/c1-27(23-36-25-35-29-30(32)33-24-34-31(29)36)39-26-41(37,38)40-19-21-42-20-15-10-8-6-4-5-7-9-11-16-22-43(2,3)28-17-13-12-14-18-28/h24-25,27-28H,4-15,17-21,23,26H2,1-3H3,(H,37,38)(H2,32,33,34)/t27-/m1/s1. The summed E-state index contributed by atoms with van der Waals surface area (Å²) in [5.41, 5.74) is 11.6. The third-order valence-corrected chi connectivity index (χ3v) is 13.8. The molecule has 3 N–H and O–H groups in total. The molecule has 0 aromatic carbocycles. The Kier molecular flexibility index (Phi) is 16.1. The summed E-state index contributed by atoms with van der Waals surface area (Å²) in [7, 11) is -5.15. The molecule has 0 spiro atoms. The number of unbranched alkanes of at least 4 members (excludes halogenated alkanes) is 8. The molecule has 9 nitrogen and oxygen atoms in total. The molecule has 1 saturated carbocycles. The molecule has 242 valence electrons. The summed E-state index contributed by atoms with van der Waals surface area (Å²) >= 11 is 1.77. The van der Waals surface area contributed by atoms with Crippen LogP contribution in [0.1, 0.15) is 96.8 Å². The van der Waals surface area contributed by atoms with E-state index in [4.69, 9.17) is 15.0 Å². The van der Waals surface area contributed by atoms with Gasteiger partial charge in [-0.05, 0) is 31.1 Å². The first-order chi connectivity index (χ1) is 20.7. The van der Waals surface area contributed by atoms with Crippen LogP contribution < -0.4 is 5.73 Å². The molecule has 1 fully saturated rings. The van der Waals surface area contributed by atoms with E-state index >= 15 is 0 Å². The number of hydrogen-bond acceptors (Lipinski definition) is 8. The number of nitrogen functional groups attached to an aromatic ring is 1. The van der Waals surface area contributed by atoms with Gasteiger partial charge in [-0.15, -0.1) is 11.5 Å². The highest BCUT2D eigenvalue weighted by Gasteiger charge is 2.31. The molecule has 1 aliphatic carbocycles. The highest BCUT2D eigenvalue weighted by atomic mass is 32.2. The third-order valence-electron chi connectivity index (χ3n) is 8.30. The van der Waals surface area contributed by atoms with Gasteiger partial charge in [-0.3, -0.25) is 4.57 Å². The minimum atomic E-state index is -3.80. The van der Waals surface area contributed by atoms with Gasteiger partial charge in [-0.2, -0.15) is 11.8 Å². The van der Waals surface area contributed by atoms with Gasteiger partial charge in [-0.25, -0.2) is 15.0 Å². The molecule has 2 aromatic heterocycles. The van der Waals surface area contributed by atoms with Crippen molar-refractivity contribution in [3.05, 3.63) is 12.7 Å². The molecule has 43 heavy (non-hydrogen) atoms. The van der Waals surface area contributed by atoms with E-state index in [-0.39, 0.29) is 19.1 Å². The summed E-state index contributed by atoms with van der Waals surface area (Å²) in [5.74, 6) is 5.62. The van der Waals surface area contributed by atoms with Gasteiger partial charge in [0.25, 0.3) is 0 Å². The molecular formula is C31H54N5O4PSSi. The average Bonchev–Trinajstić information content (AvgIpc) is 3.40. The Hall–Kier alpha value is -1.41. The van der Waals surface area contributed by atoms with E-state index in [2.05, 4.69) is 39.5 Å².